The van der Waals surface area contributed by atoms with Crippen molar-refractivity contribution in [2.45, 2.75) is 33.1 Å². The van der Waals surface area contributed by atoms with Crippen LogP contribution in [0.25, 0.3) is 0 Å². The molecule has 0 N–H and O–H groups in total. The lowest BCUT2D eigenvalue weighted by atomic mass is 9.47. The van der Waals surface area contributed by atoms with Crippen LogP contribution in [0.4, 0.5) is 0 Å². The molecule has 1 heterocycles. The lowest BCUT2D eigenvalue weighted by Gasteiger charge is -2.57. The predicted molar refractivity (Wildman–Crippen MR) is 59.7 cm³/mol. The van der Waals surface area contributed by atoms with Gasteiger partial charge in [-0.05, 0) is 30.1 Å². The molecule has 0 radical (unpaired) electrons. The summed E-state index contributed by atoms with van der Waals surface area (Å²) in [5.41, 5.74) is -0.572. The Morgan fingerprint density at radius 3 is 2.62 bits per heavy atom. The molecule has 1 spiro atoms. The van der Waals surface area contributed by atoms with E-state index in [0.717, 1.165) is 19.4 Å². The lowest BCUT2D eigenvalue weighted by Crippen LogP contribution is -2.64. The third-order valence-corrected chi connectivity index (χ3v) is 5.25. The first-order chi connectivity index (χ1) is 7.40. The Bertz CT molecular complexity index is 387. The third-order valence-electron chi connectivity index (χ3n) is 5.25. The number of amides is 1. The second-order valence-electron chi connectivity index (χ2n) is 6.46. The van der Waals surface area contributed by atoms with Gasteiger partial charge in [-0.1, -0.05) is 13.8 Å². The molecule has 1 amide bonds. The molecular weight excluding hydrogens is 202 g/mol. The topological polar surface area (TPSA) is 37.4 Å². The molecule has 16 heavy (non-hydrogen) atoms. The van der Waals surface area contributed by atoms with Gasteiger partial charge < -0.3 is 4.90 Å². The maximum atomic E-state index is 12.4. The molecule has 3 nitrogen and oxygen atoms in total. The summed E-state index contributed by atoms with van der Waals surface area (Å²) in [6, 6.07) is 0. The van der Waals surface area contributed by atoms with E-state index in [4.69, 9.17) is 0 Å². The molecule has 0 bridgehead atoms. The number of carbonyl (C=O) groups excluding carboxylic acids is 2. The van der Waals surface area contributed by atoms with Crippen LogP contribution in [0.1, 0.15) is 33.1 Å². The Morgan fingerprint density at radius 1 is 1.31 bits per heavy atom. The van der Waals surface area contributed by atoms with Gasteiger partial charge >= 0.3 is 0 Å². The predicted octanol–water partition coefficient (Wildman–Crippen LogP) is 1.47. The van der Waals surface area contributed by atoms with Gasteiger partial charge in [-0.2, -0.15) is 0 Å². The van der Waals surface area contributed by atoms with Crippen molar-refractivity contribution < 1.29 is 9.59 Å². The number of Topliss-reactive ketones (excluding diaryl/α,β-unsaturated/α-hetero) is 1. The number of carbonyl (C=O) groups is 2. The van der Waals surface area contributed by atoms with E-state index in [-0.39, 0.29) is 17.1 Å². The zero-order valence-corrected chi connectivity index (χ0v) is 10.2. The maximum absolute atomic E-state index is 12.4. The van der Waals surface area contributed by atoms with Crippen molar-refractivity contribution in [1.82, 2.24) is 4.90 Å². The van der Waals surface area contributed by atoms with E-state index in [1.54, 1.807) is 4.90 Å². The van der Waals surface area contributed by atoms with E-state index < -0.39 is 5.41 Å². The number of ketones is 1. The zero-order valence-electron chi connectivity index (χ0n) is 10.2. The summed E-state index contributed by atoms with van der Waals surface area (Å²) in [5, 5.41) is 0. The second kappa shape index (κ2) is 2.69. The van der Waals surface area contributed by atoms with Gasteiger partial charge in [0.05, 0.1) is 0 Å². The van der Waals surface area contributed by atoms with Gasteiger partial charge in [0.15, 0.2) is 0 Å². The minimum Gasteiger partial charge on any atom is -0.345 e. The highest BCUT2D eigenvalue weighted by Crippen LogP contribution is 2.68. The number of hydrogen-bond acceptors (Lipinski definition) is 2. The first kappa shape index (κ1) is 10.3. The summed E-state index contributed by atoms with van der Waals surface area (Å²) < 4.78 is 0. The lowest BCUT2D eigenvalue weighted by molar-refractivity contribution is -0.177. The van der Waals surface area contributed by atoms with Gasteiger partial charge in [0.25, 0.3) is 0 Å². The molecule has 3 rings (SSSR count). The molecule has 0 aromatic rings. The summed E-state index contributed by atoms with van der Waals surface area (Å²) in [6.07, 6.45) is 2.69. The molecular formula is C13H19NO2. The highest BCUT2D eigenvalue weighted by Gasteiger charge is 2.73. The maximum Gasteiger partial charge on any atom is 0.236 e. The molecule has 88 valence electrons. The van der Waals surface area contributed by atoms with E-state index in [1.807, 2.05) is 7.05 Å². The Kier molecular flexibility index (Phi) is 1.73. The fourth-order valence-corrected chi connectivity index (χ4v) is 4.38. The molecule has 2 saturated carbocycles. The molecule has 0 unspecified atom stereocenters. The van der Waals surface area contributed by atoms with E-state index in [2.05, 4.69) is 13.8 Å². The van der Waals surface area contributed by atoms with Gasteiger partial charge in [0, 0.05) is 20.0 Å². The zero-order chi connectivity index (χ0) is 11.7. The number of likely N-dealkylation sites (tertiary alicyclic amines) is 1. The van der Waals surface area contributed by atoms with Crippen LogP contribution in [0.2, 0.25) is 0 Å². The van der Waals surface area contributed by atoms with Gasteiger partial charge in [-0.25, -0.2) is 0 Å². The van der Waals surface area contributed by atoms with Crippen LogP contribution in [0.3, 0.4) is 0 Å². The number of hydrogen-bond donors (Lipinski definition) is 0. The average Bonchev–Trinajstić information content (AvgIpc) is 2.26. The summed E-state index contributed by atoms with van der Waals surface area (Å²) in [4.78, 5) is 26.5. The molecule has 1 aliphatic heterocycles. The fraction of sp³-hybridized carbons (Fsp3) is 0.846. The first-order valence-electron chi connectivity index (χ1n) is 6.19. The molecule has 3 fully saturated rings. The SMILES string of the molecule is CN1CC[C@H]2C[C@@H]3C(C)(C)CC(=O)[C@]23C1=O. The molecule has 1 saturated heterocycles. The number of piperidine rings is 1. The standard InChI is InChI=1S/C13H19NO2/c1-12(2)7-10(15)13-8(6-9(12)13)4-5-14(3)11(13)16/h8-9H,4-7H2,1-3H3/t8-,9+,13-/m0/s1. The van der Waals surface area contributed by atoms with E-state index >= 15 is 0 Å². The highest BCUT2D eigenvalue weighted by molar-refractivity contribution is 6.10. The van der Waals surface area contributed by atoms with Crippen LogP contribution in [0.5, 0.6) is 0 Å². The normalized spacial score (nSPS) is 45.1. The number of rotatable bonds is 0. The van der Waals surface area contributed by atoms with E-state index in [1.165, 1.54) is 0 Å². The fourth-order valence-electron chi connectivity index (χ4n) is 4.38. The van der Waals surface area contributed by atoms with Gasteiger partial charge in [0.1, 0.15) is 11.2 Å². The summed E-state index contributed by atoms with van der Waals surface area (Å²) >= 11 is 0. The highest BCUT2D eigenvalue weighted by atomic mass is 16.2. The van der Waals surface area contributed by atoms with Crippen molar-refractivity contribution in [3.05, 3.63) is 0 Å². The number of nitrogens with zero attached hydrogens (tertiary/aromatic N) is 1. The molecule has 3 atom stereocenters. The molecule has 0 aromatic heterocycles. The minimum absolute atomic E-state index is 0.0292. The Labute approximate surface area is 96.2 Å². The molecule has 2 aliphatic carbocycles. The Morgan fingerprint density at radius 2 is 2.00 bits per heavy atom. The molecule has 0 aromatic carbocycles. The summed E-state index contributed by atoms with van der Waals surface area (Å²) in [7, 11) is 1.83. The van der Waals surface area contributed by atoms with Gasteiger partial charge in [-0.3, -0.25) is 9.59 Å². The molecule has 3 aliphatic rings. The first-order valence-corrected chi connectivity index (χ1v) is 6.19. The van der Waals surface area contributed by atoms with Crippen molar-refractivity contribution in [2.24, 2.45) is 22.7 Å². The van der Waals surface area contributed by atoms with Crippen LogP contribution in [0.15, 0.2) is 0 Å². The second-order valence-corrected chi connectivity index (χ2v) is 6.46. The summed E-state index contributed by atoms with van der Waals surface area (Å²) in [6.45, 7) is 5.11. The molecule has 3 heteroatoms. The van der Waals surface area contributed by atoms with Crippen molar-refractivity contribution in [1.29, 1.82) is 0 Å². The van der Waals surface area contributed by atoms with Gasteiger partial charge in [0.2, 0.25) is 5.91 Å². The average molecular weight is 221 g/mol. The van der Waals surface area contributed by atoms with Crippen LogP contribution in [0, 0.1) is 22.7 Å². The van der Waals surface area contributed by atoms with Crippen molar-refractivity contribution in [3.8, 4) is 0 Å². The van der Waals surface area contributed by atoms with Gasteiger partial charge in [-0.15, -0.1) is 0 Å². The van der Waals surface area contributed by atoms with Crippen LogP contribution in [-0.2, 0) is 9.59 Å². The monoisotopic (exact) mass is 221 g/mol. The van der Waals surface area contributed by atoms with Crippen molar-refractivity contribution in [3.63, 3.8) is 0 Å². The minimum atomic E-state index is -0.601. The van der Waals surface area contributed by atoms with Crippen LogP contribution < -0.4 is 0 Å². The van der Waals surface area contributed by atoms with E-state index in [0.29, 0.717) is 18.3 Å². The Hall–Kier alpha value is -0.860. The Balaban J connectivity index is 2.07. The third kappa shape index (κ3) is 0.871. The smallest absolute Gasteiger partial charge is 0.236 e. The quantitative estimate of drug-likeness (QED) is 0.581. The largest absolute Gasteiger partial charge is 0.345 e. The summed E-state index contributed by atoms with van der Waals surface area (Å²) in [5.74, 6) is 0.967. The van der Waals surface area contributed by atoms with E-state index in [9.17, 15) is 9.59 Å². The van der Waals surface area contributed by atoms with Crippen LogP contribution in [-0.4, -0.2) is 30.2 Å². The van der Waals surface area contributed by atoms with Crippen molar-refractivity contribution >= 4 is 11.7 Å². The van der Waals surface area contributed by atoms with Crippen LogP contribution >= 0.6 is 0 Å². The van der Waals surface area contributed by atoms with Crippen molar-refractivity contribution in [2.75, 3.05) is 13.6 Å².